The molecule has 0 aromatic carbocycles. The van der Waals surface area contributed by atoms with Crippen molar-refractivity contribution in [1.82, 2.24) is 15.1 Å². The normalized spacial score (nSPS) is 35.4. The Morgan fingerprint density at radius 1 is 1.24 bits per heavy atom. The van der Waals surface area contributed by atoms with Gasteiger partial charge in [0.2, 0.25) is 0 Å². The summed E-state index contributed by atoms with van der Waals surface area (Å²) >= 11 is 0. The second kappa shape index (κ2) is 6.29. The number of likely N-dealkylation sites (N-methyl/N-ethyl adjacent to an activating group) is 1. The summed E-state index contributed by atoms with van der Waals surface area (Å²) in [7, 11) is 1.81. The van der Waals surface area contributed by atoms with Crippen LogP contribution in [0.3, 0.4) is 0 Å². The predicted molar refractivity (Wildman–Crippen MR) is 96.4 cm³/mol. The lowest BCUT2D eigenvalue weighted by Gasteiger charge is -2.27. The first kappa shape index (κ1) is 16.9. The number of hydrogen-bond acceptors (Lipinski definition) is 3. The van der Waals surface area contributed by atoms with Crippen LogP contribution >= 0.6 is 0 Å². The summed E-state index contributed by atoms with van der Waals surface area (Å²) in [6.07, 6.45) is 8.24. The minimum absolute atomic E-state index is 0.0506. The SMILES string of the molecule is CC1=N[C@]2(CC[C@H]3CN(C(=O)NCC4CCCCC4)C[C@H]32)C(=O)N1C. The number of carbonyl (C=O) groups is 2. The summed E-state index contributed by atoms with van der Waals surface area (Å²) in [4.78, 5) is 33.8. The number of amidine groups is 1. The number of likely N-dealkylation sites (tertiary alicyclic amines) is 1. The molecule has 2 aliphatic heterocycles. The monoisotopic (exact) mass is 346 g/mol. The average Bonchev–Trinajstić information content (AvgIpc) is 3.25. The standard InChI is InChI=1S/C19H30N4O2/c1-13-21-19(17(24)22(13)2)9-8-15-11-23(12-16(15)19)18(25)20-10-14-6-4-3-5-7-14/h14-16H,3-12H2,1-2H3,(H,20,25)/t15-,16+,19-/m0/s1. The van der Waals surface area contributed by atoms with E-state index in [-0.39, 0.29) is 17.9 Å². The lowest BCUT2D eigenvalue weighted by molar-refractivity contribution is -0.131. The fraction of sp³-hybridized carbons (Fsp3) is 0.842. The van der Waals surface area contributed by atoms with Gasteiger partial charge in [0.15, 0.2) is 0 Å². The third kappa shape index (κ3) is 2.74. The third-order valence-electron chi connectivity index (χ3n) is 7.03. The summed E-state index contributed by atoms with van der Waals surface area (Å²) in [6, 6.07) is 0.0506. The maximum Gasteiger partial charge on any atom is 0.317 e. The van der Waals surface area contributed by atoms with E-state index in [0.29, 0.717) is 18.4 Å². The maximum atomic E-state index is 12.8. The topological polar surface area (TPSA) is 65.0 Å². The van der Waals surface area contributed by atoms with E-state index >= 15 is 0 Å². The first-order chi connectivity index (χ1) is 12.0. The molecular formula is C19H30N4O2. The van der Waals surface area contributed by atoms with Gasteiger partial charge in [-0.05, 0) is 44.4 Å². The average molecular weight is 346 g/mol. The van der Waals surface area contributed by atoms with Gasteiger partial charge >= 0.3 is 6.03 Å². The molecular weight excluding hydrogens is 316 g/mol. The van der Waals surface area contributed by atoms with E-state index in [2.05, 4.69) is 5.32 Å². The number of aliphatic imine (C=N–C) groups is 1. The highest BCUT2D eigenvalue weighted by atomic mass is 16.2. The molecule has 0 aromatic heterocycles. The van der Waals surface area contributed by atoms with Gasteiger partial charge in [-0.3, -0.25) is 9.79 Å². The molecule has 2 heterocycles. The number of nitrogens with one attached hydrogen (secondary N) is 1. The van der Waals surface area contributed by atoms with E-state index in [1.807, 2.05) is 18.9 Å². The van der Waals surface area contributed by atoms with Crippen LogP contribution in [-0.2, 0) is 4.79 Å². The fourth-order valence-corrected chi connectivity index (χ4v) is 5.45. The molecule has 1 spiro atoms. The van der Waals surface area contributed by atoms with E-state index < -0.39 is 5.54 Å². The number of hydrogen-bond donors (Lipinski definition) is 1. The highest BCUT2D eigenvalue weighted by Gasteiger charge is 2.60. The van der Waals surface area contributed by atoms with Crippen molar-refractivity contribution < 1.29 is 9.59 Å². The van der Waals surface area contributed by atoms with Gasteiger partial charge in [0.25, 0.3) is 5.91 Å². The van der Waals surface area contributed by atoms with Gasteiger partial charge in [-0.1, -0.05) is 19.3 Å². The van der Waals surface area contributed by atoms with Crippen molar-refractivity contribution in [3.05, 3.63) is 0 Å². The Morgan fingerprint density at radius 3 is 2.68 bits per heavy atom. The zero-order valence-corrected chi connectivity index (χ0v) is 15.5. The van der Waals surface area contributed by atoms with E-state index in [1.165, 1.54) is 32.1 Å². The molecule has 138 valence electrons. The summed E-state index contributed by atoms with van der Waals surface area (Å²) in [5.41, 5.74) is -0.595. The van der Waals surface area contributed by atoms with Crippen molar-refractivity contribution in [1.29, 1.82) is 0 Å². The first-order valence-corrected chi connectivity index (χ1v) is 9.88. The third-order valence-corrected chi connectivity index (χ3v) is 7.03. The molecule has 3 atom stereocenters. The minimum atomic E-state index is -0.595. The van der Waals surface area contributed by atoms with Gasteiger partial charge < -0.3 is 15.1 Å². The molecule has 3 amide bonds. The molecule has 1 saturated heterocycles. The fourth-order valence-electron chi connectivity index (χ4n) is 5.45. The predicted octanol–water partition coefficient (Wildman–Crippen LogP) is 2.25. The molecule has 25 heavy (non-hydrogen) atoms. The second-order valence-corrected chi connectivity index (χ2v) is 8.45. The maximum absolute atomic E-state index is 12.8. The van der Waals surface area contributed by atoms with Crippen molar-refractivity contribution in [3.63, 3.8) is 0 Å². The van der Waals surface area contributed by atoms with Gasteiger partial charge in [0.05, 0.1) is 0 Å². The van der Waals surface area contributed by atoms with Crippen LogP contribution in [0.25, 0.3) is 0 Å². The minimum Gasteiger partial charge on any atom is -0.338 e. The summed E-state index contributed by atoms with van der Waals surface area (Å²) in [6.45, 7) is 4.14. The summed E-state index contributed by atoms with van der Waals surface area (Å²) < 4.78 is 0. The molecule has 0 radical (unpaired) electrons. The Labute approximate surface area is 150 Å². The van der Waals surface area contributed by atoms with Crippen LogP contribution in [0.4, 0.5) is 4.79 Å². The molecule has 6 nitrogen and oxygen atoms in total. The van der Waals surface area contributed by atoms with Crippen molar-refractivity contribution >= 4 is 17.8 Å². The van der Waals surface area contributed by atoms with Crippen molar-refractivity contribution in [2.75, 3.05) is 26.7 Å². The number of rotatable bonds is 2. The highest BCUT2D eigenvalue weighted by Crippen LogP contribution is 2.50. The number of urea groups is 1. The highest BCUT2D eigenvalue weighted by molar-refractivity contribution is 6.07. The molecule has 3 fully saturated rings. The van der Waals surface area contributed by atoms with Crippen molar-refractivity contribution in [2.24, 2.45) is 22.7 Å². The first-order valence-electron chi connectivity index (χ1n) is 9.88. The van der Waals surface area contributed by atoms with Crippen LogP contribution in [-0.4, -0.2) is 59.8 Å². The molecule has 2 aliphatic carbocycles. The Morgan fingerprint density at radius 2 is 2.00 bits per heavy atom. The van der Waals surface area contributed by atoms with Gasteiger partial charge in [-0.2, -0.15) is 0 Å². The zero-order chi connectivity index (χ0) is 17.6. The lowest BCUT2D eigenvalue weighted by atomic mass is 9.85. The molecule has 6 heteroatoms. The summed E-state index contributed by atoms with van der Waals surface area (Å²) in [5, 5.41) is 3.15. The van der Waals surface area contributed by atoms with Crippen LogP contribution in [0.15, 0.2) is 4.99 Å². The van der Waals surface area contributed by atoms with Gasteiger partial charge in [0.1, 0.15) is 11.4 Å². The van der Waals surface area contributed by atoms with Crippen molar-refractivity contribution in [3.8, 4) is 0 Å². The number of amides is 3. The van der Waals surface area contributed by atoms with E-state index in [9.17, 15) is 9.59 Å². The molecule has 0 unspecified atom stereocenters. The molecule has 2 saturated carbocycles. The molecule has 0 bridgehead atoms. The van der Waals surface area contributed by atoms with Gasteiger partial charge in [0, 0.05) is 32.6 Å². The van der Waals surface area contributed by atoms with Crippen LogP contribution in [0, 0.1) is 17.8 Å². The lowest BCUT2D eigenvalue weighted by Crippen LogP contribution is -2.47. The summed E-state index contributed by atoms with van der Waals surface area (Å²) in [5.74, 6) is 2.17. The second-order valence-electron chi connectivity index (χ2n) is 8.45. The number of nitrogens with zero attached hydrogens (tertiary/aromatic N) is 3. The largest absolute Gasteiger partial charge is 0.338 e. The van der Waals surface area contributed by atoms with E-state index in [1.54, 1.807) is 4.90 Å². The smallest absolute Gasteiger partial charge is 0.317 e. The Kier molecular flexibility index (Phi) is 4.24. The van der Waals surface area contributed by atoms with Crippen LogP contribution in [0.2, 0.25) is 0 Å². The Hall–Kier alpha value is -1.59. The Balaban J connectivity index is 1.38. The van der Waals surface area contributed by atoms with Crippen molar-refractivity contribution in [2.45, 2.75) is 57.4 Å². The number of fused-ring (bicyclic) bond motifs is 2. The molecule has 4 aliphatic rings. The molecule has 4 rings (SSSR count). The zero-order valence-electron chi connectivity index (χ0n) is 15.5. The molecule has 1 N–H and O–H groups in total. The van der Waals surface area contributed by atoms with Crippen LogP contribution in [0.1, 0.15) is 51.9 Å². The Bertz CT molecular complexity index is 598. The van der Waals surface area contributed by atoms with Crippen LogP contribution in [0.5, 0.6) is 0 Å². The van der Waals surface area contributed by atoms with Gasteiger partial charge in [-0.25, -0.2) is 4.79 Å². The van der Waals surface area contributed by atoms with E-state index in [0.717, 1.165) is 31.8 Å². The van der Waals surface area contributed by atoms with E-state index in [4.69, 9.17) is 4.99 Å². The van der Waals surface area contributed by atoms with Gasteiger partial charge in [-0.15, -0.1) is 0 Å². The molecule has 0 aromatic rings. The van der Waals surface area contributed by atoms with Crippen LogP contribution < -0.4 is 5.32 Å². The quantitative estimate of drug-likeness (QED) is 0.833. The number of carbonyl (C=O) groups excluding carboxylic acids is 2.